The number of rotatable bonds is 5. The number of hydrogen-bond acceptors (Lipinski definition) is 5. The maximum atomic E-state index is 12.8. The van der Waals surface area contributed by atoms with Crippen molar-refractivity contribution in [2.75, 3.05) is 0 Å². The first kappa shape index (κ1) is 21.0. The van der Waals surface area contributed by atoms with E-state index >= 15 is 0 Å². The van der Waals surface area contributed by atoms with Gasteiger partial charge in [0.2, 0.25) is 0 Å². The van der Waals surface area contributed by atoms with Crippen LogP contribution in [0, 0.1) is 0 Å². The molecule has 1 aromatic rings. The Balaban J connectivity index is 2.28. The van der Waals surface area contributed by atoms with Gasteiger partial charge in [0.25, 0.3) is 0 Å². The SMILES string of the molecule is CC(=O)C[C@@H](O)CC(=O)[C@H]1OC(=O)CCCCC/C=C/Cc2ccccc21. The lowest BCUT2D eigenvalue weighted by Crippen LogP contribution is -2.25. The molecule has 0 spiro atoms. The Morgan fingerprint density at radius 1 is 1.15 bits per heavy atom. The van der Waals surface area contributed by atoms with Crippen LogP contribution in [0.25, 0.3) is 0 Å². The highest BCUT2D eigenvalue weighted by Crippen LogP contribution is 2.27. The summed E-state index contributed by atoms with van der Waals surface area (Å²) in [6.07, 6.45) is 6.34. The van der Waals surface area contributed by atoms with Crippen molar-refractivity contribution in [3.05, 3.63) is 47.5 Å². The number of cyclic esters (lactones) is 1. The minimum absolute atomic E-state index is 0.0865. The lowest BCUT2D eigenvalue weighted by molar-refractivity contribution is -0.156. The number of fused-ring (bicyclic) bond motifs is 1. The van der Waals surface area contributed by atoms with E-state index in [4.69, 9.17) is 4.74 Å². The predicted molar refractivity (Wildman–Crippen MR) is 102 cm³/mol. The molecule has 1 aliphatic heterocycles. The number of Topliss-reactive ketones (excluding diaryl/α,β-unsaturated/α-hetero) is 2. The molecule has 1 aromatic carbocycles. The molecule has 0 aromatic heterocycles. The molecule has 2 atom stereocenters. The van der Waals surface area contributed by atoms with Crippen LogP contribution in [0.2, 0.25) is 0 Å². The van der Waals surface area contributed by atoms with Crippen LogP contribution in [0.3, 0.4) is 0 Å². The van der Waals surface area contributed by atoms with E-state index in [1.165, 1.54) is 6.92 Å². The number of ketones is 2. The molecular weight excluding hydrogens is 344 g/mol. The largest absolute Gasteiger partial charge is 0.449 e. The third-order valence-electron chi connectivity index (χ3n) is 4.60. The average Bonchev–Trinajstić information content (AvgIpc) is 2.62. The van der Waals surface area contributed by atoms with Crippen LogP contribution in [0.1, 0.15) is 69.1 Å². The monoisotopic (exact) mass is 372 g/mol. The zero-order valence-corrected chi connectivity index (χ0v) is 15.9. The van der Waals surface area contributed by atoms with Crippen LogP contribution < -0.4 is 0 Å². The summed E-state index contributed by atoms with van der Waals surface area (Å²) in [5.41, 5.74) is 1.56. The minimum Gasteiger partial charge on any atom is -0.449 e. The van der Waals surface area contributed by atoms with Gasteiger partial charge in [-0.15, -0.1) is 0 Å². The van der Waals surface area contributed by atoms with Crippen molar-refractivity contribution in [3.8, 4) is 0 Å². The molecule has 27 heavy (non-hydrogen) atoms. The average molecular weight is 372 g/mol. The van der Waals surface area contributed by atoms with Gasteiger partial charge < -0.3 is 9.84 Å². The fourth-order valence-electron chi connectivity index (χ4n) is 3.25. The Kier molecular flexibility index (Phi) is 8.40. The molecule has 0 radical (unpaired) electrons. The minimum atomic E-state index is -1.06. The third-order valence-corrected chi connectivity index (χ3v) is 4.60. The summed E-state index contributed by atoms with van der Waals surface area (Å²) in [5, 5.41) is 9.99. The molecule has 5 nitrogen and oxygen atoms in total. The molecule has 1 N–H and O–H groups in total. The van der Waals surface area contributed by atoms with E-state index < -0.39 is 18.2 Å². The van der Waals surface area contributed by atoms with Crippen LogP contribution in [-0.2, 0) is 25.5 Å². The summed E-state index contributed by atoms with van der Waals surface area (Å²) >= 11 is 0. The molecular formula is C22H28O5. The first-order valence-corrected chi connectivity index (χ1v) is 9.60. The van der Waals surface area contributed by atoms with E-state index in [1.807, 2.05) is 12.1 Å². The second-order valence-corrected chi connectivity index (χ2v) is 7.07. The van der Waals surface area contributed by atoms with E-state index in [-0.39, 0.29) is 30.8 Å². The van der Waals surface area contributed by atoms with Crippen molar-refractivity contribution in [2.24, 2.45) is 0 Å². The second-order valence-electron chi connectivity index (χ2n) is 7.07. The van der Waals surface area contributed by atoms with Crippen molar-refractivity contribution in [1.29, 1.82) is 0 Å². The molecule has 0 unspecified atom stereocenters. The number of aliphatic hydroxyl groups excluding tert-OH is 1. The zero-order valence-electron chi connectivity index (χ0n) is 15.9. The normalized spacial score (nSPS) is 20.8. The van der Waals surface area contributed by atoms with Gasteiger partial charge in [-0.1, -0.05) is 42.8 Å². The van der Waals surface area contributed by atoms with Crippen LogP contribution in [-0.4, -0.2) is 28.7 Å². The smallest absolute Gasteiger partial charge is 0.306 e. The van der Waals surface area contributed by atoms with Crippen molar-refractivity contribution in [2.45, 2.75) is 70.5 Å². The Bertz CT molecular complexity index is 692. The van der Waals surface area contributed by atoms with Crippen molar-refractivity contribution in [1.82, 2.24) is 0 Å². The quantitative estimate of drug-likeness (QED) is 0.630. The molecule has 0 bridgehead atoms. The van der Waals surface area contributed by atoms with Gasteiger partial charge in [-0.05, 0) is 38.2 Å². The first-order valence-electron chi connectivity index (χ1n) is 9.60. The molecule has 146 valence electrons. The fourth-order valence-corrected chi connectivity index (χ4v) is 3.25. The van der Waals surface area contributed by atoms with Gasteiger partial charge in [-0.3, -0.25) is 14.4 Å². The number of carbonyl (C=O) groups is 3. The summed E-state index contributed by atoms with van der Waals surface area (Å²) in [7, 11) is 0. The van der Waals surface area contributed by atoms with Gasteiger partial charge in [0.1, 0.15) is 5.78 Å². The summed E-state index contributed by atoms with van der Waals surface area (Å²) < 4.78 is 5.55. The summed E-state index contributed by atoms with van der Waals surface area (Å²) in [4.78, 5) is 36.3. The lowest BCUT2D eigenvalue weighted by atomic mass is 9.94. The molecule has 0 saturated heterocycles. The third kappa shape index (κ3) is 7.10. The molecule has 0 fully saturated rings. The topological polar surface area (TPSA) is 80.7 Å². The van der Waals surface area contributed by atoms with E-state index in [0.29, 0.717) is 12.0 Å². The van der Waals surface area contributed by atoms with Crippen LogP contribution in [0.4, 0.5) is 0 Å². The molecule has 1 heterocycles. The van der Waals surface area contributed by atoms with E-state index in [9.17, 15) is 19.5 Å². The van der Waals surface area contributed by atoms with Crippen molar-refractivity contribution < 1.29 is 24.2 Å². The Morgan fingerprint density at radius 3 is 2.70 bits per heavy atom. The van der Waals surface area contributed by atoms with Crippen molar-refractivity contribution >= 4 is 17.5 Å². The number of esters is 1. The fraction of sp³-hybridized carbons (Fsp3) is 0.500. The number of benzene rings is 1. The van der Waals surface area contributed by atoms with E-state index in [0.717, 1.165) is 31.2 Å². The molecule has 1 aliphatic rings. The maximum absolute atomic E-state index is 12.8. The molecule has 0 amide bonds. The molecule has 0 aliphatic carbocycles. The Hall–Kier alpha value is -2.27. The van der Waals surface area contributed by atoms with Gasteiger partial charge in [-0.2, -0.15) is 0 Å². The summed E-state index contributed by atoms with van der Waals surface area (Å²) in [6.45, 7) is 1.37. The zero-order chi connectivity index (χ0) is 19.6. The van der Waals surface area contributed by atoms with Gasteiger partial charge in [0.05, 0.1) is 6.10 Å². The standard InChI is InChI=1S/C22H28O5/c1-16(23)14-18(24)15-20(25)22-19-12-9-8-11-17(19)10-6-4-2-3-5-7-13-21(26)27-22/h4,6,8-9,11-12,18,22,24H,2-3,5,7,10,13-15H2,1H3/b6-4+/t18-,22+/m1/s1. The Labute approximate surface area is 160 Å². The van der Waals surface area contributed by atoms with Crippen LogP contribution >= 0.6 is 0 Å². The number of carbonyl (C=O) groups excluding carboxylic acids is 3. The highest BCUT2D eigenvalue weighted by molar-refractivity contribution is 5.88. The summed E-state index contributed by atoms with van der Waals surface area (Å²) in [6, 6.07) is 7.40. The van der Waals surface area contributed by atoms with Gasteiger partial charge in [-0.25, -0.2) is 0 Å². The summed E-state index contributed by atoms with van der Waals surface area (Å²) in [5.74, 6) is -0.979. The molecule has 2 rings (SSSR count). The van der Waals surface area contributed by atoms with E-state index in [1.54, 1.807) is 12.1 Å². The van der Waals surface area contributed by atoms with Crippen molar-refractivity contribution in [3.63, 3.8) is 0 Å². The highest BCUT2D eigenvalue weighted by atomic mass is 16.5. The number of allylic oxidation sites excluding steroid dienone is 2. The first-order chi connectivity index (χ1) is 13.0. The second kappa shape index (κ2) is 10.8. The molecule has 5 heteroatoms. The number of aliphatic hydroxyl groups is 1. The Morgan fingerprint density at radius 2 is 1.93 bits per heavy atom. The number of hydrogen-bond donors (Lipinski definition) is 1. The van der Waals surface area contributed by atoms with Crippen LogP contribution in [0.15, 0.2) is 36.4 Å². The highest BCUT2D eigenvalue weighted by Gasteiger charge is 2.28. The van der Waals surface area contributed by atoms with Gasteiger partial charge in [0, 0.05) is 24.8 Å². The predicted octanol–water partition coefficient (Wildman–Crippen LogP) is 3.63. The van der Waals surface area contributed by atoms with Gasteiger partial charge in [0.15, 0.2) is 11.9 Å². The lowest BCUT2D eigenvalue weighted by Gasteiger charge is -2.21. The van der Waals surface area contributed by atoms with Crippen LogP contribution in [0.5, 0.6) is 0 Å². The number of ether oxygens (including phenoxy) is 1. The van der Waals surface area contributed by atoms with E-state index in [2.05, 4.69) is 12.2 Å². The van der Waals surface area contributed by atoms with Gasteiger partial charge >= 0.3 is 5.97 Å². The molecule has 0 saturated carbocycles. The maximum Gasteiger partial charge on any atom is 0.306 e.